The molecule has 0 aromatic heterocycles. The van der Waals surface area contributed by atoms with Crippen LogP contribution in [0.3, 0.4) is 0 Å². The molecule has 0 saturated heterocycles. The van der Waals surface area contributed by atoms with Gasteiger partial charge < -0.3 is 24.6 Å². The molecule has 0 aliphatic heterocycles. The van der Waals surface area contributed by atoms with Gasteiger partial charge in [-0.05, 0) is 64.2 Å². The van der Waals surface area contributed by atoms with Crippen LogP contribution in [0, 0.1) is 0 Å². The average molecular weight is 963 g/mol. The molecule has 0 saturated carbocycles. The van der Waals surface area contributed by atoms with Crippen molar-refractivity contribution in [3.8, 4) is 0 Å². The van der Waals surface area contributed by atoms with Crippen LogP contribution < -0.4 is 0 Å². The molecule has 0 spiro atoms. The van der Waals surface area contributed by atoms with Gasteiger partial charge >= 0.3 is 13.8 Å². The number of allylic oxidation sites excluding steroid dienone is 12. The van der Waals surface area contributed by atoms with Gasteiger partial charge in [0.2, 0.25) is 0 Å². The highest BCUT2D eigenvalue weighted by atomic mass is 31.2. The highest BCUT2D eigenvalue weighted by Crippen LogP contribution is 2.43. The highest BCUT2D eigenvalue weighted by Gasteiger charge is 2.26. The molecule has 390 valence electrons. The number of esters is 1. The van der Waals surface area contributed by atoms with E-state index in [-0.39, 0.29) is 25.6 Å². The van der Waals surface area contributed by atoms with Crippen molar-refractivity contribution in [3.63, 3.8) is 0 Å². The normalized spacial score (nSPS) is 14.3. The van der Waals surface area contributed by atoms with E-state index in [4.69, 9.17) is 23.6 Å². The number of carbonyl (C=O) groups excluding carboxylic acids is 1. The first-order valence-corrected chi connectivity index (χ1v) is 28.9. The molecule has 0 bridgehead atoms. The Morgan fingerprint density at radius 3 is 1.28 bits per heavy atom. The summed E-state index contributed by atoms with van der Waals surface area (Å²) in [5.41, 5.74) is 0. The zero-order valence-electron chi connectivity index (χ0n) is 43.1. The van der Waals surface area contributed by atoms with E-state index < -0.39 is 33.2 Å². The number of hydrogen-bond donors (Lipinski definition) is 3. The number of phosphoric acid groups is 1. The molecule has 67 heavy (non-hydrogen) atoms. The number of unbranched alkanes of at least 4 members (excludes halogenated alkanes) is 26. The number of ether oxygens (including phenoxy) is 2. The topological polar surface area (TPSA) is 132 Å². The lowest BCUT2D eigenvalue weighted by atomic mass is 10.0. The summed E-state index contributed by atoms with van der Waals surface area (Å²) in [6, 6.07) is 0. The first-order valence-electron chi connectivity index (χ1n) is 27.4. The third-order valence-corrected chi connectivity index (χ3v) is 12.6. The lowest BCUT2D eigenvalue weighted by molar-refractivity contribution is -0.154. The minimum atomic E-state index is -4.53. The average Bonchev–Trinajstić information content (AvgIpc) is 3.32. The maximum Gasteiger partial charge on any atom is 0.472 e. The van der Waals surface area contributed by atoms with Gasteiger partial charge in [0.15, 0.2) is 0 Å². The summed E-state index contributed by atoms with van der Waals surface area (Å²) in [5, 5.41) is 18.4. The molecule has 9 nitrogen and oxygen atoms in total. The number of aliphatic hydroxyl groups is 2. The number of rotatable bonds is 52. The zero-order chi connectivity index (χ0) is 48.8. The van der Waals surface area contributed by atoms with E-state index in [9.17, 15) is 19.4 Å². The van der Waals surface area contributed by atoms with Crippen LogP contribution in [-0.4, -0.2) is 66.3 Å². The van der Waals surface area contributed by atoms with E-state index in [2.05, 4.69) is 86.8 Å². The summed E-state index contributed by atoms with van der Waals surface area (Å²) < 4.78 is 33.6. The molecule has 0 aromatic carbocycles. The van der Waals surface area contributed by atoms with Crippen LogP contribution in [0.15, 0.2) is 72.9 Å². The van der Waals surface area contributed by atoms with Gasteiger partial charge in [0, 0.05) is 13.0 Å². The third kappa shape index (κ3) is 53.1. The van der Waals surface area contributed by atoms with Crippen molar-refractivity contribution < 1.29 is 43.0 Å². The van der Waals surface area contributed by atoms with Crippen molar-refractivity contribution in [2.24, 2.45) is 0 Å². The van der Waals surface area contributed by atoms with Gasteiger partial charge in [-0.2, -0.15) is 0 Å². The fourth-order valence-corrected chi connectivity index (χ4v) is 8.33. The number of aliphatic hydroxyl groups excluding tert-OH is 2. The first kappa shape index (κ1) is 64.9. The maximum atomic E-state index is 12.7. The quantitative estimate of drug-likeness (QED) is 0.0236. The maximum absolute atomic E-state index is 12.7. The van der Waals surface area contributed by atoms with Gasteiger partial charge in [-0.3, -0.25) is 13.8 Å². The predicted molar refractivity (Wildman–Crippen MR) is 283 cm³/mol. The largest absolute Gasteiger partial charge is 0.472 e. The molecule has 0 fully saturated rings. The molecule has 0 heterocycles. The molecule has 0 radical (unpaired) electrons. The van der Waals surface area contributed by atoms with E-state index in [1.165, 1.54) is 122 Å². The van der Waals surface area contributed by atoms with Crippen molar-refractivity contribution in [2.75, 3.05) is 33.0 Å². The smallest absolute Gasteiger partial charge is 0.457 e. The molecule has 0 amide bonds. The molecule has 0 aliphatic rings. The van der Waals surface area contributed by atoms with Crippen molar-refractivity contribution in [2.45, 2.75) is 251 Å². The Morgan fingerprint density at radius 2 is 0.851 bits per heavy atom. The molecule has 0 aliphatic carbocycles. The van der Waals surface area contributed by atoms with E-state index in [1.54, 1.807) is 0 Å². The third-order valence-electron chi connectivity index (χ3n) is 11.7. The molecular weight excluding hydrogens is 860 g/mol. The van der Waals surface area contributed by atoms with E-state index >= 15 is 0 Å². The lowest BCUT2D eigenvalue weighted by Crippen LogP contribution is -2.29. The van der Waals surface area contributed by atoms with E-state index in [0.717, 1.165) is 96.3 Å². The molecule has 0 rings (SSSR count). The standard InChI is InChI=1S/C57H103O9P/c1-3-5-7-9-11-13-15-17-19-21-23-25-27-28-30-32-34-36-38-40-42-44-46-48-50-63-53-56(54-65-67(61,62)64-52-55(59)51-58)66-57(60)49-47-45-43-41-39-37-35-33-31-29-26-24-22-20-18-16-14-12-10-8-6-4-2/h5,7,11,13,17,19,23,25,28,30,34,36,55-56,58-59H,3-4,6,8-10,12,14-16,18,20-22,24,26-27,29,31-33,35,37-54H2,1-2H3,(H,61,62)/b7-5-,13-11-,19-17-,25-23-,30-28-,36-34-. The summed E-state index contributed by atoms with van der Waals surface area (Å²) >= 11 is 0. The predicted octanol–water partition coefficient (Wildman–Crippen LogP) is 16.4. The Kier molecular flexibility index (Phi) is 51.6. The summed E-state index contributed by atoms with van der Waals surface area (Å²) in [6.07, 6.45) is 65.9. The Labute approximate surface area is 412 Å². The van der Waals surface area contributed by atoms with E-state index in [0.29, 0.717) is 6.61 Å². The Morgan fingerprint density at radius 1 is 0.478 bits per heavy atom. The van der Waals surface area contributed by atoms with Crippen molar-refractivity contribution in [3.05, 3.63) is 72.9 Å². The summed E-state index contributed by atoms with van der Waals surface area (Å²) in [5.74, 6) is -0.387. The van der Waals surface area contributed by atoms with Crippen LogP contribution in [0.25, 0.3) is 0 Å². The molecule has 3 unspecified atom stereocenters. The number of hydrogen-bond acceptors (Lipinski definition) is 8. The molecule has 10 heteroatoms. The minimum absolute atomic E-state index is 0.0348. The van der Waals surface area contributed by atoms with E-state index in [1.807, 2.05) is 0 Å². The van der Waals surface area contributed by atoms with Gasteiger partial charge in [-0.15, -0.1) is 0 Å². The second kappa shape index (κ2) is 53.3. The molecule has 0 aromatic rings. The molecular formula is C57H103O9P. The SMILES string of the molecule is CC/C=C\C/C=C\C/C=C\C/C=C\C/C=C\C/C=C\CCCCCCCOCC(COP(=O)(O)OCC(O)CO)OC(=O)CCCCCCCCCCCCCCCCCCCCCCCC. The fourth-order valence-electron chi connectivity index (χ4n) is 7.54. The van der Waals surface area contributed by atoms with Crippen LogP contribution in [0.2, 0.25) is 0 Å². The van der Waals surface area contributed by atoms with Gasteiger partial charge in [0.1, 0.15) is 12.2 Å². The lowest BCUT2D eigenvalue weighted by Gasteiger charge is -2.20. The van der Waals surface area contributed by atoms with Gasteiger partial charge in [0.25, 0.3) is 0 Å². The summed E-state index contributed by atoms with van der Waals surface area (Å²) in [4.78, 5) is 22.7. The zero-order valence-corrected chi connectivity index (χ0v) is 44.0. The molecule has 3 atom stereocenters. The first-order chi connectivity index (χ1) is 32.8. The second-order valence-electron chi connectivity index (χ2n) is 18.2. The van der Waals surface area contributed by atoms with Gasteiger partial charge in [-0.25, -0.2) is 4.57 Å². The Balaban J connectivity index is 4.09. The van der Waals surface area contributed by atoms with Crippen LogP contribution in [0.1, 0.15) is 239 Å². The summed E-state index contributed by atoms with van der Waals surface area (Å²) in [7, 11) is -4.53. The fraction of sp³-hybridized carbons (Fsp3) is 0.772. The number of phosphoric ester groups is 1. The van der Waals surface area contributed by atoms with Gasteiger partial charge in [-0.1, -0.05) is 241 Å². The van der Waals surface area contributed by atoms with Gasteiger partial charge in [0.05, 0.1) is 26.4 Å². The highest BCUT2D eigenvalue weighted by molar-refractivity contribution is 7.47. The summed E-state index contributed by atoms with van der Waals surface area (Å²) in [6.45, 7) is 3.39. The Hall–Kier alpha value is -2.10. The van der Waals surface area contributed by atoms with Crippen LogP contribution in [0.5, 0.6) is 0 Å². The monoisotopic (exact) mass is 963 g/mol. The van der Waals surface area contributed by atoms with Crippen molar-refractivity contribution in [1.29, 1.82) is 0 Å². The molecule has 3 N–H and O–H groups in total. The van der Waals surface area contributed by atoms with Crippen LogP contribution in [0.4, 0.5) is 0 Å². The minimum Gasteiger partial charge on any atom is -0.457 e. The van der Waals surface area contributed by atoms with Crippen molar-refractivity contribution >= 4 is 13.8 Å². The van der Waals surface area contributed by atoms with Crippen molar-refractivity contribution in [1.82, 2.24) is 0 Å². The second-order valence-corrected chi connectivity index (χ2v) is 19.7. The number of carbonyl (C=O) groups is 1. The van der Waals surface area contributed by atoms with Crippen LogP contribution in [-0.2, 0) is 27.9 Å². The van der Waals surface area contributed by atoms with Crippen LogP contribution >= 0.6 is 7.82 Å². The Bertz CT molecular complexity index is 1280.